The molecule has 3 rings (SSSR count). The van der Waals surface area contributed by atoms with Gasteiger partial charge in [-0.05, 0) is 43.7 Å². The van der Waals surface area contributed by atoms with Gasteiger partial charge in [0, 0.05) is 60.8 Å². The number of amides is 1. The van der Waals surface area contributed by atoms with Crippen molar-refractivity contribution in [2.75, 3.05) is 38.0 Å². The average molecular weight is 417 g/mol. The highest BCUT2D eigenvalue weighted by Gasteiger charge is 2.21. The molecule has 1 unspecified atom stereocenters. The molecule has 156 valence electrons. The third-order valence-corrected chi connectivity index (χ3v) is 5.44. The molecule has 0 radical (unpaired) electrons. The van der Waals surface area contributed by atoms with Gasteiger partial charge in [-0.25, -0.2) is 0 Å². The van der Waals surface area contributed by atoms with E-state index in [1.54, 1.807) is 31.4 Å². The van der Waals surface area contributed by atoms with Crippen LogP contribution in [0.5, 0.6) is 5.75 Å². The fourth-order valence-corrected chi connectivity index (χ4v) is 3.89. The van der Waals surface area contributed by atoms with Gasteiger partial charge in [0.1, 0.15) is 5.75 Å². The Bertz CT molecular complexity index is 873. The normalized spacial score (nSPS) is 16.2. The van der Waals surface area contributed by atoms with E-state index < -0.39 is 11.3 Å². The summed E-state index contributed by atoms with van der Waals surface area (Å²) in [6.45, 7) is 5.92. The highest BCUT2D eigenvalue weighted by molar-refractivity contribution is 7.80. The fraction of sp³-hybridized carbons (Fsp3) is 0.381. The first-order chi connectivity index (χ1) is 14.0. The maximum atomic E-state index is 12.8. The Morgan fingerprint density at radius 1 is 1.14 bits per heavy atom. The summed E-state index contributed by atoms with van der Waals surface area (Å²) in [5.41, 5.74) is 3.35. The maximum absolute atomic E-state index is 12.8. The van der Waals surface area contributed by atoms with Gasteiger partial charge in [-0.3, -0.25) is 13.9 Å². The molecular formula is C21H26N3O4S-. The van der Waals surface area contributed by atoms with E-state index >= 15 is 0 Å². The number of rotatable bonds is 6. The van der Waals surface area contributed by atoms with Gasteiger partial charge in [0.25, 0.3) is 5.91 Å². The van der Waals surface area contributed by atoms with E-state index in [0.717, 1.165) is 37.4 Å². The van der Waals surface area contributed by atoms with Gasteiger partial charge in [0.2, 0.25) is 0 Å². The third-order valence-electron chi connectivity index (χ3n) is 5.04. The largest absolute Gasteiger partial charge is 0.755 e. The third kappa shape index (κ3) is 5.79. The van der Waals surface area contributed by atoms with Gasteiger partial charge in [0.05, 0.1) is 7.11 Å². The molecule has 1 N–H and O–H groups in total. The lowest BCUT2D eigenvalue weighted by Crippen LogP contribution is -2.35. The zero-order valence-electron chi connectivity index (χ0n) is 16.7. The predicted octanol–water partition coefficient (Wildman–Crippen LogP) is 2.56. The molecule has 0 aliphatic carbocycles. The van der Waals surface area contributed by atoms with Crippen LogP contribution in [0.1, 0.15) is 27.9 Å². The van der Waals surface area contributed by atoms with E-state index in [0.29, 0.717) is 24.3 Å². The Morgan fingerprint density at radius 2 is 1.90 bits per heavy atom. The zero-order valence-corrected chi connectivity index (χ0v) is 17.5. The lowest BCUT2D eigenvalue weighted by Gasteiger charge is -2.23. The second-order valence-corrected chi connectivity index (χ2v) is 7.82. The van der Waals surface area contributed by atoms with E-state index in [4.69, 9.17) is 4.74 Å². The number of carbonyl (C=O) groups is 1. The Hall–Kier alpha value is -2.42. The highest BCUT2D eigenvalue weighted by atomic mass is 32.2. The van der Waals surface area contributed by atoms with Crippen molar-refractivity contribution in [1.29, 1.82) is 0 Å². The van der Waals surface area contributed by atoms with Gasteiger partial charge in [-0.15, -0.1) is 0 Å². The molecular weight excluding hydrogens is 390 g/mol. The average Bonchev–Trinajstić information content (AvgIpc) is 2.93. The quantitative estimate of drug-likeness (QED) is 0.732. The van der Waals surface area contributed by atoms with Crippen molar-refractivity contribution in [1.82, 2.24) is 9.80 Å². The number of anilines is 1. The molecule has 0 spiro atoms. The van der Waals surface area contributed by atoms with Crippen LogP contribution in [0.25, 0.3) is 0 Å². The van der Waals surface area contributed by atoms with Crippen molar-refractivity contribution in [3.8, 4) is 5.75 Å². The molecule has 29 heavy (non-hydrogen) atoms. The number of methoxy groups -OCH3 is 1. The Labute approximate surface area is 174 Å². The van der Waals surface area contributed by atoms with E-state index in [1.165, 1.54) is 5.56 Å². The lowest BCUT2D eigenvalue weighted by molar-refractivity contribution is 0.0761. The van der Waals surface area contributed by atoms with Crippen LogP contribution in [0.15, 0.2) is 42.5 Å². The number of hydrogen-bond acceptors (Lipinski definition) is 5. The van der Waals surface area contributed by atoms with E-state index in [1.807, 2.05) is 17.0 Å². The van der Waals surface area contributed by atoms with Crippen molar-refractivity contribution in [2.24, 2.45) is 0 Å². The van der Waals surface area contributed by atoms with Crippen LogP contribution in [0.4, 0.5) is 5.69 Å². The van der Waals surface area contributed by atoms with Crippen LogP contribution < -0.4 is 9.46 Å². The minimum absolute atomic E-state index is 0.0326. The first-order valence-electron chi connectivity index (χ1n) is 9.57. The smallest absolute Gasteiger partial charge is 0.253 e. The van der Waals surface area contributed by atoms with Crippen LogP contribution in [0.3, 0.4) is 0 Å². The summed E-state index contributed by atoms with van der Waals surface area (Å²) in [5.74, 6) is 0.857. The minimum atomic E-state index is -2.38. The van der Waals surface area contributed by atoms with Gasteiger partial charge < -0.3 is 18.9 Å². The number of ether oxygens (including phenoxy) is 1. The first kappa shape index (κ1) is 21.3. The Morgan fingerprint density at radius 3 is 2.59 bits per heavy atom. The van der Waals surface area contributed by atoms with E-state index in [-0.39, 0.29) is 5.91 Å². The maximum Gasteiger partial charge on any atom is 0.253 e. The van der Waals surface area contributed by atoms with Crippen molar-refractivity contribution in [2.45, 2.75) is 19.9 Å². The molecule has 0 aromatic heterocycles. The summed E-state index contributed by atoms with van der Waals surface area (Å²) in [5, 5.41) is 0. The molecule has 8 heteroatoms. The van der Waals surface area contributed by atoms with Crippen molar-refractivity contribution in [3.63, 3.8) is 0 Å². The minimum Gasteiger partial charge on any atom is -0.755 e. The zero-order chi connectivity index (χ0) is 20.8. The Kier molecular flexibility index (Phi) is 7.24. The fourth-order valence-electron chi connectivity index (χ4n) is 3.56. The SMILES string of the molecule is COc1ccc(C)cc1CN1CCCN(C(=O)c2ccc(NS(=O)[O-])cc2)CC1. The monoisotopic (exact) mass is 416 g/mol. The molecule has 2 aromatic carbocycles. The second kappa shape index (κ2) is 9.87. The second-order valence-electron chi connectivity index (χ2n) is 7.15. The Balaban J connectivity index is 1.61. The lowest BCUT2D eigenvalue weighted by atomic mass is 10.1. The standard InChI is InChI=1S/C21H27N3O4S/c1-16-4-9-20(28-2)18(14-16)15-23-10-3-11-24(13-12-23)21(25)17-5-7-19(8-6-17)22-29(26)27/h4-9,14,22H,3,10-13,15H2,1-2H3,(H,26,27)/p-1. The molecule has 7 nitrogen and oxygen atoms in total. The van der Waals surface area contributed by atoms with Crippen LogP contribution in [0, 0.1) is 6.92 Å². The molecule has 1 atom stereocenters. The summed E-state index contributed by atoms with van der Waals surface area (Å²) in [6.07, 6.45) is 0.897. The van der Waals surface area contributed by atoms with Gasteiger partial charge >= 0.3 is 0 Å². The topological polar surface area (TPSA) is 84.9 Å². The summed E-state index contributed by atoms with van der Waals surface area (Å²) in [4.78, 5) is 17.1. The summed E-state index contributed by atoms with van der Waals surface area (Å²) < 4.78 is 29.2. The highest BCUT2D eigenvalue weighted by Crippen LogP contribution is 2.22. The van der Waals surface area contributed by atoms with Gasteiger partial charge in [-0.1, -0.05) is 17.7 Å². The van der Waals surface area contributed by atoms with Crippen molar-refractivity contribution in [3.05, 3.63) is 59.2 Å². The first-order valence-corrected chi connectivity index (χ1v) is 10.6. The summed E-state index contributed by atoms with van der Waals surface area (Å²) in [6, 6.07) is 12.7. The molecule has 1 aliphatic heterocycles. The molecule has 1 saturated heterocycles. The van der Waals surface area contributed by atoms with Gasteiger partial charge in [-0.2, -0.15) is 0 Å². The number of nitrogens with zero attached hydrogens (tertiary/aromatic N) is 2. The van der Waals surface area contributed by atoms with E-state index in [2.05, 4.69) is 22.6 Å². The molecule has 1 fully saturated rings. The van der Waals surface area contributed by atoms with Crippen LogP contribution in [-0.4, -0.2) is 57.8 Å². The molecule has 1 amide bonds. The van der Waals surface area contributed by atoms with Gasteiger partial charge in [0.15, 0.2) is 0 Å². The number of benzene rings is 2. The molecule has 1 heterocycles. The molecule has 0 bridgehead atoms. The number of aryl methyl sites for hydroxylation is 1. The van der Waals surface area contributed by atoms with E-state index in [9.17, 15) is 13.6 Å². The van der Waals surface area contributed by atoms with Crippen LogP contribution >= 0.6 is 0 Å². The number of nitrogens with one attached hydrogen (secondary N) is 1. The van der Waals surface area contributed by atoms with Crippen LogP contribution in [-0.2, 0) is 17.8 Å². The molecule has 0 saturated carbocycles. The molecule has 1 aliphatic rings. The summed E-state index contributed by atoms with van der Waals surface area (Å²) >= 11 is -2.38. The predicted molar refractivity (Wildman–Crippen MR) is 113 cm³/mol. The summed E-state index contributed by atoms with van der Waals surface area (Å²) in [7, 11) is 1.69. The van der Waals surface area contributed by atoms with Crippen molar-refractivity contribution < 1.29 is 18.3 Å². The van der Waals surface area contributed by atoms with Crippen molar-refractivity contribution >= 4 is 22.9 Å². The molecule has 2 aromatic rings. The number of carbonyl (C=O) groups excluding carboxylic acids is 1. The van der Waals surface area contributed by atoms with Crippen LogP contribution in [0.2, 0.25) is 0 Å². The number of hydrogen-bond donors (Lipinski definition) is 1.